The molecule has 1 heterocycles. The summed E-state index contributed by atoms with van der Waals surface area (Å²) in [5.74, 6) is -0.610. The van der Waals surface area contributed by atoms with E-state index in [0.717, 1.165) is 0 Å². The molecule has 1 aliphatic heterocycles. The first-order valence-corrected chi connectivity index (χ1v) is 4.38. The van der Waals surface area contributed by atoms with Gasteiger partial charge in [0, 0.05) is 17.8 Å². The Morgan fingerprint density at radius 3 is 2.81 bits per heavy atom. The lowest BCUT2D eigenvalue weighted by atomic mass is 10.1. The van der Waals surface area contributed by atoms with Crippen LogP contribution in [0.15, 0.2) is 24.4 Å². The third-order valence-electron chi connectivity index (χ3n) is 2.08. The lowest BCUT2D eigenvalue weighted by Crippen LogP contribution is -2.11. The molecule has 1 aliphatic rings. The zero-order valence-electron chi connectivity index (χ0n) is 7.98. The van der Waals surface area contributed by atoms with Gasteiger partial charge in [-0.05, 0) is 12.1 Å². The molecule has 16 heavy (non-hydrogen) atoms. The van der Waals surface area contributed by atoms with Crippen LogP contribution in [0.4, 0.5) is 14.5 Å². The number of hydrogen-bond acceptors (Lipinski definition) is 2. The summed E-state index contributed by atoms with van der Waals surface area (Å²) in [6.45, 7) is -2.89. The minimum Gasteiger partial charge on any atom is -0.435 e. The first-order chi connectivity index (χ1) is 7.58. The molecule has 2 rings (SSSR count). The first-order valence-electron chi connectivity index (χ1n) is 4.38. The van der Waals surface area contributed by atoms with E-state index in [1.165, 1.54) is 24.4 Å². The zero-order chi connectivity index (χ0) is 11.7. The quantitative estimate of drug-likeness (QED) is 0.843. The average molecular weight is 225 g/mol. The summed E-state index contributed by atoms with van der Waals surface area (Å²) >= 11 is 0. The highest BCUT2D eigenvalue weighted by atomic mass is 19.3. The van der Waals surface area contributed by atoms with Crippen LogP contribution in [0.5, 0.6) is 5.75 Å². The summed E-state index contributed by atoms with van der Waals surface area (Å²) in [6, 6.07) is 4.14. The van der Waals surface area contributed by atoms with Gasteiger partial charge in [0.15, 0.2) is 0 Å². The molecular weight excluding hydrogens is 218 g/mol. The van der Waals surface area contributed by atoms with Crippen LogP contribution < -0.4 is 15.8 Å². The molecule has 83 valence electrons. The fourth-order valence-electron chi connectivity index (χ4n) is 1.42. The molecular formula is C10H7F2N2O2. The largest absolute Gasteiger partial charge is 0.435 e. The molecule has 1 aromatic rings. The van der Waals surface area contributed by atoms with Gasteiger partial charge in [-0.25, -0.2) is 0 Å². The van der Waals surface area contributed by atoms with Crippen LogP contribution in [0.1, 0.15) is 5.56 Å². The molecule has 0 aromatic heterocycles. The van der Waals surface area contributed by atoms with Crippen LogP contribution in [0.2, 0.25) is 0 Å². The van der Waals surface area contributed by atoms with Crippen molar-refractivity contribution in [3.63, 3.8) is 0 Å². The minimum atomic E-state index is -2.89. The summed E-state index contributed by atoms with van der Waals surface area (Å²) in [6.07, 6.45) is 1.30. The molecule has 1 radical (unpaired) electrons. The highest BCUT2D eigenvalue weighted by Gasteiger charge is 2.20. The van der Waals surface area contributed by atoms with E-state index < -0.39 is 12.5 Å². The second-order valence-electron chi connectivity index (χ2n) is 3.09. The standard InChI is InChI=1S/C10H7F2N2O2/c11-10(12)16-5-1-2-6-7(9(13)15)4-14-8(6)3-5/h1-4,10H,(H2,13,15). The van der Waals surface area contributed by atoms with E-state index in [9.17, 15) is 13.6 Å². The maximum Gasteiger partial charge on any atom is 0.387 e. The van der Waals surface area contributed by atoms with E-state index in [1.54, 1.807) is 0 Å². The number of rotatable bonds is 3. The maximum atomic E-state index is 11.9. The Bertz CT molecular complexity index is 472. The number of fused-ring (bicyclic) bond motifs is 1. The van der Waals surface area contributed by atoms with Gasteiger partial charge in [0.25, 0.3) is 5.91 Å². The Labute approximate surface area is 89.7 Å². The van der Waals surface area contributed by atoms with Gasteiger partial charge in [0.05, 0.1) is 11.3 Å². The van der Waals surface area contributed by atoms with Gasteiger partial charge in [0.1, 0.15) is 5.75 Å². The number of halogens is 2. The Balaban J connectivity index is 2.29. The highest BCUT2D eigenvalue weighted by Crippen LogP contribution is 2.33. The van der Waals surface area contributed by atoms with Crippen LogP contribution in [0.25, 0.3) is 5.57 Å². The molecule has 2 N–H and O–H groups in total. The van der Waals surface area contributed by atoms with Crippen LogP contribution in [-0.2, 0) is 4.79 Å². The summed E-state index contributed by atoms with van der Waals surface area (Å²) in [4.78, 5) is 11.0. The van der Waals surface area contributed by atoms with Crippen molar-refractivity contribution in [3.8, 4) is 5.75 Å². The monoisotopic (exact) mass is 225 g/mol. The van der Waals surface area contributed by atoms with Crippen molar-refractivity contribution in [1.82, 2.24) is 5.32 Å². The smallest absolute Gasteiger partial charge is 0.387 e. The number of carbonyl (C=O) groups is 1. The van der Waals surface area contributed by atoms with Crippen LogP contribution in [-0.4, -0.2) is 12.5 Å². The Morgan fingerprint density at radius 2 is 2.19 bits per heavy atom. The second-order valence-corrected chi connectivity index (χ2v) is 3.09. The normalized spacial score (nSPS) is 13.1. The van der Waals surface area contributed by atoms with Crippen molar-refractivity contribution < 1.29 is 18.3 Å². The fourth-order valence-corrected chi connectivity index (χ4v) is 1.42. The van der Waals surface area contributed by atoms with E-state index in [-0.39, 0.29) is 11.3 Å². The van der Waals surface area contributed by atoms with Crippen molar-refractivity contribution in [2.75, 3.05) is 0 Å². The van der Waals surface area contributed by atoms with Crippen LogP contribution in [0.3, 0.4) is 0 Å². The predicted octanol–water partition coefficient (Wildman–Crippen LogP) is 1.36. The van der Waals surface area contributed by atoms with Gasteiger partial charge in [-0.3, -0.25) is 10.1 Å². The molecule has 0 aliphatic carbocycles. The number of nitrogens with zero attached hydrogens (tertiary/aromatic N) is 1. The summed E-state index contributed by atoms with van der Waals surface area (Å²) in [5, 5.41) is 3.88. The molecule has 0 bridgehead atoms. The number of primary amides is 1. The van der Waals surface area contributed by atoms with Gasteiger partial charge in [-0.1, -0.05) is 0 Å². The second kappa shape index (κ2) is 3.80. The van der Waals surface area contributed by atoms with Gasteiger partial charge in [-0.2, -0.15) is 8.78 Å². The van der Waals surface area contributed by atoms with E-state index in [2.05, 4.69) is 10.1 Å². The highest BCUT2D eigenvalue weighted by molar-refractivity contribution is 6.21. The van der Waals surface area contributed by atoms with Gasteiger partial charge >= 0.3 is 6.61 Å². The van der Waals surface area contributed by atoms with Gasteiger partial charge in [0.2, 0.25) is 0 Å². The van der Waals surface area contributed by atoms with Crippen LogP contribution >= 0.6 is 0 Å². The van der Waals surface area contributed by atoms with E-state index in [1.807, 2.05) is 0 Å². The first kappa shape index (κ1) is 10.4. The molecule has 1 aromatic carbocycles. The Kier molecular flexibility index (Phi) is 2.47. The van der Waals surface area contributed by atoms with Crippen molar-refractivity contribution >= 4 is 17.2 Å². The third kappa shape index (κ3) is 1.81. The number of alkyl halides is 2. The van der Waals surface area contributed by atoms with Crippen molar-refractivity contribution in [1.29, 1.82) is 0 Å². The molecule has 4 nitrogen and oxygen atoms in total. The molecule has 0 saturated carbocycles. The molecule has 0 atom stereocenters. The predicted molar refractivity (Wildman–Crippen MR) is 52.0 cm³/mol. The fraction of sp³-hybridized carbons (Fsp3) is 0.100. The van der Waals surface area contributed by atoms with Gasteiger partial charge in [-0.15, -0.1) is 0 Å². The molecule has 1 amide bonds. The van der Waals surface area contributed by atoms with Crippen molar-refractivity contribution in [2.24, 2.45) is 5.73 Å². The topological polar surface area (TPSA) is 66.4 Å². The van der Waals surface area contributed by atoms with Crippen LogP contribution in [0, 0.1) is 0 Å². The van der Waals surface area contributed by atoms with E-state index in [0.29, 0.717) is 11.3 Å². The molecule has 0 fully saturated rings. The third-order valence-corrected chi connectivity index (χ3v) is 2.08. The molecule has 0 spiro atoms. The number of ether oxygens (including phenoxy) is 1. The lowest BCUT2D eigenvalue weighted by molar-refractivity contribution is -0.112. The number of amides is 1. The van der Waals surface area contributed by atoms with Gasteiger partial charge < -0.3 is 10.5 Å². The summed E-state index contributed by atoms with van der Waals surface area (Å²) < 4.78 is 28.1. The molecule has 6 heteroatoms. The zero-order valence-corrected chi connectivity index (χ0v) is 7.98. The molecule has 0 unspecified atom stereocenters. The Morgan fingerprint density at radius 1 is 1.44 bits per heavy atom. The summed E-state index contributed by atoms with van der Waals surface area (Å²) in [7, 11) is 0. The SMILES string of the molecule is NC(=O)C1=C[N]c2cc(OC(F)F)ccc21. The average Bonchev–Trinajstić information content (AvgIpc) is 2.59. The number of benzene rings is 1. The summed E-state index contributed by atoms with van der Waals surface area (Å²) in [5.41, 5.74) is 6.29. The minimum absolute atomic E-state index is 0.00313. The van der Waals surface area contributed by atoms with Crippen molar-refractivity contribution in [3.05, 3.63) is 30.0 Å². The maximum absolute atomic E-state index is 11.9. The Hall–Kier alpha value is -2.11. The van der Waals surface area contributed by atoms with E-state index in [4.69, 9.17) is 5.73 Å². The van der Waals surface area contributed by atoms with E-state index >= 15 is 0 Å². The molecule has 0 saturated heterocycles. The number of nitrogens with two attached hydrogens (primary N) is 1. The lowest BCUT2D eigenvalue weighted by Gasteiger charge is -2.06. The number of hydrogen-bond donors (Lipinski definition) is 1. The van der Waals surface area contributed by atoms with Crippen molar-refractivity contribution in [2.45, 2.75) is 6.61 Å². The number of carbonyl (C=O) groups excluding carboxylic acids is 1.